The largest absolute Gasteiger partial charge is 0.355 e. The molecule has 27 heavy (non-hydrogen) atoms. The minimum absolute atomic E-state index is 0.128. The van der Waals surface area contributed by atoms with Gasteiger partial charge >= 0.3 is 0 Å². The molecule has 0 saturated carbocycles. The molecule has 4 rings (SSSR count). The second-order valence-electron chi connectivity index (χ2n) is 7.89. The maximum Gasteiger partial charge on any atom is 0.272 e. The summed E-state index contributed by atoms with van der Waals surface area (Å²) in [5.41, 5.74) is 0.432. The average molecular weight is 367 g/mol. The molecule has 0 aliphatic carbocycles. The zero-order valence-corrected chi connectivity index (χ0v) is 16.2. The van der Waals surface area contributed by atoms with E-state index in [4.69, 9.17) is 0 Å². The predicted molar refractivity (Wildman–Crippen MR) is 108 cm³/mol. The lowest BCUT2D eigenvalue weighted by Gasteiger charge is -2.31. The molecule has 0 atom stereocenters. The molecule has 1 aromatic carbocycles. The predicted octanol–water partition coefficient (Wildman–Crippen LogP) is 2.69. The van der Waals surface area contributed by atoms with E-state index >= 15 is 0 Å². The van der Waals surface area contributed by atoms with E-state index in [0.717, 1.165) is 55.2 Å². The Morgan fingerprint density at radius 3 is 2.52 bits per heavy atom. The van der Waals surface area contributed by atoms with Gasteiger partial charge in [-0.3, -0.25) is 4.79 Å². The van der Waals surface area contributed by atoms with Crippen LogP contribution in [0.25, 0.3) is 10.8 Å². The number of hydrogen-bond acceptors (Lipinski definition) is 5. The zero-order chi connectivity index (χ0) is 18.6. The molecule has 6 heteroatoms. The van der Waals surface area contributed by atoms with Crippen LogP contribution in [0.1, 0.15) is 43.1 Å². The molecule has 2 aliphatic heterocycles. The quantitative estimate of drug-likeness (QED) is 0.880. The highest BCUT2D eigenvalue weighted by Crippen LogP contribution is 2.29. The van der Waals surface area contributed by atoms with Crippen molar-refractivity contribution in [2.45, 2.75) is 32.6 Å². The van der Waals surface area contributed by atoms with Gasteiger partial charge in [-0.25, -0.2) is 0 Å². The first-order valence-corrected chi connectivity index (χ1v) is 10.2. The van der Waals surface area contributed by atoms with E-state index in [-0.39, 0.29) is 5.91 Å². The molecule has 0 radical (unpaired) electrons. The van der Waals surface area contributed by atoms with E-state index in [1.807, 2.05) is 18.2 Å². The first-order chi connectivity index (χ1) is 13.2. The molecular weight excluding hydrogens is 338 g/mol. The summed E-state index contributed by atoms with van der Waals surface area (Å²) in [6.07, 6.45) is 4.88. The molecule has 144 valence electrons. The van der Waals surface area contributed by atoms with Crippen LogP contribution in [0.2, 0.25) is 0 Å². The maximum absolute atomic E-state index is 12.7. The van der Waals surface area contributed by atoms with Gasteiger partial charge in [-0.1, -0.05) is 31.2 Å². The number of nitrogens with one attached hydrogen (secondary N) is 1. The van der Waals surface area contributed by atoms with E-state index in [1.54, 1.807) is 0 Å². The molecule has 2 aliphatic rings. The zero-order valence-electron chi connectivity index (χ0n) is 16.2. The van der Waals surface area contributed by atoms with Crippen LogP contribution in [-0.2, 0) is 0 Å². The molecule has 0 unspecified atom stereocenters. The van der Waals surface area contributed by atoms with Crippen LogP contribution in [0.3, 0.4) is 0 Å². The van der Waals surface area contributed by atoms with Gasteiger partial charge in [-0.2, -0.15) is 0 Å². The third kappa shape index (κ3) is 4.05. The SMILES string of the molecule is CC1CCN(c2nnc(C(=O)NCCN3CCCC3)c3ccccc23)CC1. The van der Waals surface area contributed by atoms with E-state index in [2.05, 4.69) is 38.3 Å². The Morgan fingerprint density at radius 1 is 1.07 bits per heavy atom. The van der Waals surface area contributed by atoms with Gasteiger partial charge < -0.3 is 15.1 Å². The van der Waals surface area contributed by atoms with Crippen LogP contribution in [0.4, 0.5) is 5.82 Å². The number of fused-ring (bicyclic) bond motifs is 1. The van der Waals surface area contributed by atoms with Gasteiger partial charge in [0.2, 0.25) is 0 Å². The minimum atomic E-state index is -0.128. The number of aromatic nitrogens is 2. The Bertz CT molecular complexity index is 794. The molecular formula is C21H29N5O. The van der Waals surface area contributed by atoms with Crippen LogP contribution in [0.5, 0.6) is 0 Å². The third-order valence-corrected chi connectivity index (χ3v) is 5.88. The van der Waals surface area contributed by atoms with Crippen molar-refractivity contribution in [1.82, 2.24) is 20.4 Å². The van der Waals surface area contributed by atoms with Crippen LogP contribution in [0, 0.1) is 5.92 Å². The van der Waals surface area contributed by atoms with Crippen molar-refractivity contribution in [3.63, 3.8) is 0 Å². The van der Waals surface area contributed by atoms with Crippen LogP contribution < -0.4 is 10.2 Å². The Balaban J connectivity index is 1.51. The van der Waals surface area contributed by atoms with Crippen LogP contribution in [0.15, 0.2) is 24.3 Å². The summed E-state index contributed by atoms with van der Waals surface area (Å²) in [4.78, 5) is 17.4. The molecule has 2 fully saturated rings. The highest BCUT2D eigenvalue weighted by Gasteiger charge is 2.22. The number of benzene rings is 1. The van der Waals surface area contributed by atoms with Gasteiger partial charge in [-0.15, -0.1) is 10.2 Å². The molecule has 1 aromatic heterocycles. The number of carbonyl (C=O) groups is 1. The van der Waals surface area contributed by atoms with Crippen molar-refractivity contribution in [2.24, 2.45) is 5.92 Å². The molecule has 2 saturated heterocycles. The number of anilines is 1. The van der Waals surface area contributed by atoms with Gasteiger partial charge in [0.25, 0.3) is 5.91 Å². The van der Waals surface area contributed by atoms with Gasteiger partial charge in [0.15, 0.2) is 11.5 Å². The lowest BCUT2D eigenvalue weighted by atomic mass is 9.99. The highest BCUT2D eigenvalue weighted by molar-refractivity contribution is 6.07. The van der Waals surface area contributed by atoms with E-state index in [0.29, 0.717) is 12.2 Å². The van der Waals surface area contributed by atoms with Gasteiger partial charge in [0.1, 0.15) is 0 Å². The number of rotatable bonds is 5. The second-order valence-corrected chi connectivity index (χ2v) is 7.89. The molecule has 0 bridgehead atoms. The molecule has 1 amide bonds. The van der Waals surface area contributed by atoms with Crippen molar-refractivity contribution in [1.29, 1.82) is 0 Å². The monoisotopic (exact) mass is 367 g/mol. The fraction of sp³-hybridized carbons (Fsp3) is 0.571. The molecule has 0 spiro atoms. The summed E-state index contributed by atoms with van der Waals surface area (Å²) < 4.78 is 0. The Morgan fingerprint density at radius 2 is 1.78 bits per heavy atom. The van der Waals surface area contributed by atoms with Crippen molar-refractivity contribution in [3.05, 3.63) is 30.0 Å². The lowest BCUT2D eigenvalue weighted by Crippen LogP contribution is -2.35. The third-order valence-electron chi connectivity index (χ3n) is 5.88. The van der Waals surface area contributed by atoms with Crippen molar-refractivity contribution in [3.8, 4) is 0 Å². The smallest absolute Gasteiger partial charge is 0.272 e. The van der Waals surface area contributed by atoms with Crippen molar-refractivity contribution in [2.75, 3.05) is 44.2 Å². The summed E-state index contributed by atoms with van der Waals surface area (Å²) in [5.74, 6) is 1.55. The van der Waals surface area contributed by atoms with Gasteiger partial charge in [0.05, 0.1) is 0 Å². The summed E-state index contributed by atoms with van der Waals surface area (Å²) in [7, 11) is 0. The Hall–Kier alpha value is -2.21. The normalized spacial score (nSPS) is 18.9. The summed E-state index contributed by atoms with van der Waals surface area (Å²) in [6, 6.07) is 8.01. The van der Waals surface area contributed by atoms with Crippen LogP contribution >= 0.6 is 0 Å². The van der Waals surface area contributed by atoms with Gasteiger partial charge in [-0.05, 0) is 44.7 Å². The Labute approximate surface area is 160 Å². The topological polar surface area (TPSA) is 61.4 Å². The standard InChI is InChI=1S/C21H29N5O/c1-16-8-13-26(14-9-16)20-18-7-3-2-6-17(18)19(23-24-20)21(27)22-10-15-25-11-4-5-12-25/h2-3,6-7,16H,4-5,8-15H2,1H3,(H,22,27). The summed E-state index contributed by atoms with van der Waals surface area (Å²) in [5, 5.41) is 13.7. The van der Waals surface area contributed by atoms with E-state index in [1.165, 1.54) is 25.7 Å². The number of nitrogens with zero attached hydrogens (tertiary/aromatic N) is 4. The fourth-order valence-electron chi connectivity index (χ4n) is 4.13. The molecule has 2 aromatic rings. The van der Waals surface area contributed by atoms with Gasteiger partial charge in [0, 0.05) is 37.0 Å². The molecule has 1 N–H and O–H groups in total. The molecule has 6 nitrogen and oxygen atoms in total. The first kappa shape index (κ1) is 18.2. The average Bonchev–Trinajstić information content (AvgIpc) is 3.21. The second kappa shape index (κ2) is 8.21. The Kier molecular flexibility index (Phi) is 5.53. The number of piperidine rings is 1. The van der Waals surface area contributed by atoms with E-state index < -0.39 is 0 Å². The summed E-state index contributed by atoms with van der Waals surface area (Å²) in [6.45, 7) is 8.14. The summed E-state index contributed by atoms with van der Waals surface area (Å²) >= 11 is 0. The maximum atomic E-state index is 12.7. The number of likely N-dealkylation sites (tertiary alicyclic amines) is 1. The minimum Gasteiger partial charge on any atom is -0.355 e. The lowest BCUT2D eigenvalue weighted by molar-refractivity contribution is 0.0945. The number of hydrogen-bond donors (Lipinski definition) is 1. The number of amides is 1. The number of carbonyl (C=O) groups excluding carboxylic acids is 1. The molecule has 3 heterocycles. The first-order valence-electron chi connectivity index (χ1n) is 10.2. The van der Waals surface area contributed by atoms with Crippen molar-refractivity contribution >= 4 is 22.5 Å². The van der Waals surface area contributed by atoms with Crippen molar-refractivity contribution < 1.29 is 4.79 Å². The fourth-order valence-corrected chi connectivity index (χ4v) is 4.13. The van der Waals surface area contributed by atoms with E-state index in [9.17, 15) is 4.79 Å². The van der Waals surface area contributed by atoms with Crippen LogP contribution in [-0.4, -0.2) is 60.3 Å². The highest BCUT2D eigenvalue weighted by atomic mass is 16.1.